The Bertz CT molecular complexity index is 229. The van der Waals surface area contributed by atoms with Gasteiger partial charge in [0.2, 0.25) is 0 Å². The molecule has 0 aromatic carbocycles. The maximum Gasteiger partial charge on any atom is 0.0949 e. The van der Waals surface area contributed by atoms with Crippen LogP contribution in [0.2, 0.25) is 0 Å². The second-order valence-corrected chi connectivity index (χ2v) is 3.30. The average Bonchev–Trinajstić information content (AvgIpc) is 2.36. The second kappa shape index (κ2) is 2.34. The van der Waals surface area contributed by atoms with Gasteiger partial charge in [0.15, 0.2) is 0 Å². The van der Waals surface area contributed by atoms with Gasteiger partial charge in [0.05, 0.1) is 12.0 Å². The number of rotatable bonds is 0. The van der Waals surface area contributed by atoms with E-state index in [2.05, 4.69) is 28.4 Å². The molecule has 0 N–H and O–H groups in total. The maximum absolute atomic E-state index is 4.11. The quantitative estimate of drug-likeness (QED) is 0.544. The van der Waals surface area contributed by atoms with Crippen molar-refractivity contribution >= 4 is 0 Å². The lowest BCUT2D eigenvalue weighted by molar-refractivity contribution is 0.192. The number of fused-ring (bicyclic) bond motifs is 1. The van der Waals surface area contributed by atoms with E-state index in [4.69, 9.17) is 0 Å². The SMILES string of the molecule is CC1Cn2cncc2CN1C. The van der Waals surface area contributed by atoms with Crippen LogP contribution >= 0.6 is 0 Å². The summed E-state index contributed by atoms with van der Waals surface area (Å²) in [6, 6.07) is 0.636. The second-order valence-electron chi connectivity index (χ2n) is 3.30. The fourth-order valence-electron chi connectivity index (χ4n) is 1.48. The fourth-order valence-corrected chi connectivity index (χ4v) is 1.48. The molecular formula is C8H13N3. The van der Waals surface area contributed by atoms with Gasteiger partial charge in [-0.25, -0.2) is 4.98 Å². The molecule has 1 aliphatic heterocycles. The predicted octanol–water partition coefficient (Wildman–Crippen LogP) is 0.717. The molecule has 0 saturated carbocycles. The van der Waals surface area contributed by atoms with Gasteiger partial charge in [-0.15, -0.1) is 0 Å². The summed E-state index contributed by atoms with van der Waals surface area (Å²) in [7, 11) is 2.15. The fraction of sp³-hybridized carbons (Fsp3) is 0.625. The predicted molar refractivity (Wildman–Crippen MR) is 43.2 cm³/mol. The third-order valence-corrected chi connectivity index (χ3v) is 2.42. The van der Waals surface area contributed by atoms with E-state index in [1.165, 1.54) is 5.69 Å². The summed E-state index contributed by atoms with van der Waals surface area (Å²) in [6.07, 6.45) is 3.86. The minimum atomic E-state index is 0.636. The molecule has 0 bridgehead atoms. The molecule has 0 aliphatic carbocycles. The Hall–Kier alpha value is -0.830. The first kappa shape index (κ1) is 6.85. The lowest BCUT2D eigenvalue weighted by Crippen LogP contribution is -2.37. The molecule has 60 valence electrons. The number of nitrogens with zero attached hydrogens (tertiary/aromatic N) is 3. The van der Waals surface area contributed by atoms with Crippen LogP contribution in [-0.2, 0) is 13.1 Å². The van der Waals surface area contributed by atoms with Gasteiger partial charge in [-0.3, -0.25) is 4.90 Å². The topological polar surface area (TPSA) is 21.1 Å². The molecule has 0 amide bonds. The highest BCUT2D eigenvalue weighted by Crippen LogP contribution is 2.13. The molecule has 11 heavy (non-hydrogen) atoms. The zero-order chi connectivity index (χ0) is 7.84. The summed E-state index contributed by atoms with van der Waals surface area (Å²) in [4.78, 5) is 6.45. The molecule has 1 aromatic rings. The Morgan fingerprint density at radius 1 is 1.64 bits per heavy atom. The van der Waals surface area contributed by atoms with Crippen molar-refractivity contribution in [3.05, 3.63) is 18.2 Å². The molecule has 0 saturated heterocycles. The smallest absolute Gasteiger partial charge is 0.0949 e. The van der Waals surface area contributed by atoms with Crippen LogP contribution in [0.4, 0.5) is 0 Å². The summed E-state index contributed by atoms with van der Waals surface area (Å²) < 4.78 is 2.23. The van der Waals surface area contributed by atoms with Crippen molar-refractivity contribution < 1.29 is 0 Å². The minimum absolute atomic E-state index is 0.636. The summed E-state index contributed by atoms with van der Waals surface area (Å²) in [5.41, 5.74) is 1.32. The monoisotopic (exact) mass is 151 g/mol. The van der Waals surface area contributed by atoms with E-state index in [0.717, 1.165) is 13.1 Å². The number of likely N-dealkylation sites (N-methyl/N-ethyl adjacent to an activating group) is 1. The van der Waals surface area contributed by atoms with Gasteiger partial charge in [-0.05, 0) is 14.0 Å². The van der Waals surface area contributed by atoms with Crippen LogP contribution in [-0.4, -0.2) is 27.5 Å². The van der Waals surface area contributed by atoms with Gasteiger partial charge >= 0.3 is 0 Å². The molecule has 0 fully saturated rings. The van der Waals surface area contributed by atoms with Crippen LogP contribution in [0.1, 0.15) is 12.6 Å². The zero-order valence-corrected chi connectivity index (χ0v) is 6.99. The Labute approximate surface area is 66.6 Å². The summed E-state index contributed by atoms with van der Waals surface area (Å²) in [5.74, 6) is 0. The van der Waals surface area contributed by atoms with Crippen molar-refractivity contribution in [2.75, 3.05) is 7.05 Å². The molecule has 0 radical (unpaired) electrons. The molecule has 1 atom stereocenters. The van der Waals surface area contributed by atoms with Gasteiger partial charge < -0.3 is 4.57 Å². The third kappa shape index (κ3) is 1.05. The van der Waals surface area contributed by atoms with E-state index in [1.807, 2.05) is 12.5 Å². The number of hydrogen-bond donors (Lipinski definition) is 0. The molecule has 0 spiro atoms. The van der Waals surface area contributed by atoms with Crippen LogP contribution in [0, 0.1) is 0 Å². The van der Waals surface area contributed by atoms with Crippen LogP contribution in [0.15, 0.2) is 12.5 Å². The normalized spacial score (nSPS) is 25.1. The molecule has 1 unspecified atom stereocenters. The van der Waals surface area contributed by atoms with Crippen molar-refractivity contribution in [1.29, 1.82) is 0 Å². The van der Waals surface area contributed by atoms with E-state index >= 15 is 0 Å². The highest BCUT2D eigenvalue weighted by molar-refractivity contribution is 5.01. The van der Waals surface area contributed by atoms with E-state index in [0.29, 0.717) is 6.04 Å². The summed E-state index contributed by atoms with van der Waals surface area (Å²) >= 11 is 0. The highest BCUT2D eigenvalue weighted by atomic mass is 15.2. The highest BCUT2D eigenvalue weighted by Gasteiger charge is 2.18. The summed E-state index contributed by atoms with van der Waals surface area (Å²) in [6.45, 7) is 4.34. The standard InChI is InChI=1S/C8H13N3/c1-7-4-11-6-9-3-8(11)5-10(7)2/h3,6-7H,4-5H2,1-2H3. The lowest BCUT2D eigenvalue weighted by atomic mass is 10.2. The number of imidazole rings is 1. The molecule has 2 heterocycles. The molecular weight excluding hydrogens is 138 g/mol. The average molecular weight is 151 g/mol. The molecule has 1 aromatic heterocycles. The first-order chi connectivity index (χ1) is 5.27. The van der Waals surface area contributed by atoms with Gasteiger partial charge in [-0.2, -0.15) is 0 Å². The van der Waals surface area contributed by atoms with Crippen molar-refractivity contribution in [2.45, 2.75) is 26.1 Å². The van der Waals surface area contributed by atoms with Crippen molar-refractivity contribution in [2.24, 2.45) is 0 Å². The Morgan fingerprint density at radius 3 is 3.27 bits per heavy atom. The first-order valence-electron chi connectivity index (χ1n) is 3.96. The van der Waals surface area contributed by atoms with Crippen LogP contribution in [0.5, 0.6) is 0 Å². The van der Waals surface area contributed by atoms with Gasteiger partial charge in [0.25, 0.3) is 0 Å². The van der Waals surface area contributed by atoms with Crippen molar-refractivity contribution in [3.63, 3.8) is 0 Å². The Morgan fingerprint density at radius 2 is 2.45 bits per heavy atom. The van der Waals surface area contributed by atoms with Crippen LogP contribution in [0.25, 0.3) is 0 Å². The Balaban J connectivity index is 2.30. The minimum Gasteiger partial charge on any atom is -0.332 e. The summed E-state index contributed by atoms with van der Waals surface area (Å²) in [5, 5.41) is 0. The van der Waals surface area contributed by atoms with E-state index in [1.54, 1.807) is 0 Å². The molecule has 3 heteroatoms. The van der Waals surface area contributed by atoms with Gasteiger partial charge in [0, 0.05) is 25.3 Å². The Kier molecular flexibility index (Phi) is 1.46. The number of aromatic nitrogens is 2. The van der Waals surface area contributed by atoms with E-state index in [9.17, 15) is 0 Å². The van der Waals surface area contributed by atoms with Crippen LogP contribution in [0.3, 0.4) is 0 Å². The first-order valence-corrected chi connectivity index (χ1v) is 3.96. The third-order valence-electron chi connectivity index (χ3n) is 2.42. The van der Waals surface area contributed by atoms with Crippen molar-refractivity contribution in [1.82, 2.24) is 14.5 Å². The van der Waals surface area contributed by atoms with Crippen molar-refractivity contribution in [3.8, 4) is 0 Å². The van der Waals surface area contributed by atoms with E-state index < -0.39 is 0 Å². The zero-order valence-electron chi connectivity index (χ0n) is 6.99. The number of hydrogen-bond acceptors (Lipinski definition) is 2. The largest absolute Gasteiger partial charge is 0.332 e. The van der Waals surface area contributed by atoms with E-state index in [-0.39, 0.29) is 0 Å². The lowest BCUT2D eigenvalue weighted by Gasteiger charge is -2.30. The molecule has 3 nitrogen and oxygen atoms in total. The maximum atomic E-state index is 4.11. The van der Waals surface area contributed by atoms with Gasteiger partial charge in [-0.1, -0.05) is 0 Å². The molecule has 1 aliphatic rings. The molecule has 2 rings (SSSR count). The van der Waals surface area contributed by atoms with Crippen LogP contribution < -0.4 is 0 Å². The van der Waals surface area contributed by atoms with Gasteiger partial charge in [0.1, 0.15) is 0 Å².